The highest BCUT2D eigenvalue weighted by Crippen LogP contribution is 2.31. The SMILES string of the molecule is C/C(=C\CN(OC(=O)OC(C)(C)C)C(=O)OC(C)(C)C)c1cccc(OCc2nc(-c3ccc(C(F)(F)F)cc3)oc2C)c1. The Labute approximate surface area is 254 Å². The first-order valence-electron chi connectivity index (χ1n) is 13.8. The van der Waals surface area contributed by atoms with Crippen LogP contribution in [0.25, 0.3) is 17.0 Å². The third kappa shape index (κ3) is 10.4. The molecular weight excluding hydrogens is 581 g/mol. The molecule has 0 aliphatic heterocycles. The minimum absolute atomic E-state index is 0.0539. The molecule has 3 rings (SSSR count). The maximum absolute atomic E-state index is 12.9. The Morgan fingerprint density at radius 3 is 2.18 bits per heavy atom. The van der Waals surface area contributed by atoms with Crippen molar-refractivity contribution in [2.24, 2.45) is 0 Å². The number of aryl methyl sites for hydroxylation is 1. The first kappa shape index (κ1) is 34.0. The van der Waals surface area contributed by atoms with Gasteiger partial charge >= 0.3 is 18.4 Å². The van der Waals surface area contributed by atoms with Crippen molar-refractivity contribution in [3.05, 3.63) is 77.2 Å². The van der Waals surface area contributed by atoms with E-state index in [0.717, 1.165) is 28.3 Å². The van der Waals surface area contributed by atoms with E-state index < -0.39 is 35.2 Å². The molecule has 1 amide bonds. The number of alkyl halides is 3. The molecule has 0 fully saturated rings. The van der Waals surface area contributed by atoms with Crippen LogP contribution in [-0.4, -0.2) is 40.0 Å². The molecule has 0 atom stereocenters. The van der Waals surface area contributed by atoms with Gasteiger partial charge in [-0.15, -0.1) is 5.06 Å². The topological polar surface area (TPSA) is 100 Å². The molecule has 0 bridgehead atoms. The second-order valence-electron chi connectivity index (χ2n) is 11.9. The van der Waals surface area contributed by atoms with Crippen molar-refractivity contribution in [1.82, 2.24) is 10.0 Å². The van der Waals surface area contributed by atoms with Gasteiger partial charge in [-0.05, 0) is 103 Å². The summed E-state index contributed by atoms with van der Waals surface area (Å²) in [6, 6.07) is 11.7. The standard InChI is InChI=1S/C32H37F3N2O7/c1-20(16-17-37(28(38)42-30(3,4)5)44-29(39)43-31(6,7)8)23-10-9-11-25(18-23)40-19-26-21(2)41-27(36-26)22-12-14-24(15-13-22)32(33,34)35/h9-16,18H,17,19H2,1-8H3/b20-16+. The van der Waals surface area contributed by atoms with Gasteiger partial charge in [0.2, 0.25) is 5.89 Å². The average molecular weight is 619 g/mol. The van der Waals surface area contributed by atoms with Crippen molar-refractivity contribution >= 4 is 17.8 Å². The minimum Gasteiger partial charge on any atom is -0.487 e. The average Bonchev–Trinajstić information content (AvgIpc) is 3.27. The molecule has 0 spiro atoms. The van der Waals surface area contributed by atoms with E-state index in [1.807, 2.05) is 13.0 Å². The Bertz CT molecular complexity index is 1480. The van der Waals surface area contributed by atoms with Gasteiger partial charge in [-0.2, -0.15) is 13.2 Å². The number of halogens is 3. The smallest absolute Gasteiger partial charge is 0.487 e. The summed E-state index contributed by atoms with van der Waals surface area (Å²) in [5.74, 6) is 1.17. The van der Waals surface area contributed by atoms with Crippen molar-refractivity contribution in [2.75, 3.05) is 6.54 Å². The summed E-state index contributed by atoms with van der Waals surface area (Å²) < 4.78 is 60.8. The number of rotatable bonds is 7. The molecule has 0 aliphatic carbocycles. The van der Waals surface area contributed by atoms with Crippen LogP contribution in [0.4, 0.5) is 22.8 Å². The fraction of sp³-hybridized carbons (Fsp3) is 0.406. The molecule has 12 heteroatoms. The monoisotopic (exact) mass is 618 g/mol. The number of nitrogens with zero attached hydrogens (tertiary/aromatic N) is 2. The third-order valence-corrected chi connectivity index (χ3v) is 5.75. The largest absolute Gasteiger partial charge is 0.534 e. The number of carbonyl (C=O) groups is 2. The molecule has 0 unspecified atom stereocenters. The molecule has 1 aromatic heterocycles. The van der Waals surface area contributed by atoms with E-state index in [1.54, 1.807) is 72.7 Å². The lowest BCUT2D eigenvalue weighted by molar-refractivity contribution is -0.137. The second kappa shape index (κ2) is 13.4. The zero-order valence-corrected chi connectivity index (χ0v) is 26.0. The molecular formula is C32H37F3N2O7. The summed E-state index contributed by atoms with van der Waals surface area (Å²) in [5, 5.41) is 0.783. The molecule has 0 radical (unpaired) electrons. The minimum atomic E-state index is -4.43. The number of hydrogen-bond acceptors (Lipinski definition) is 8. The maximum Gasteiger partial charge on any atom is 0.534 e. The molecule has 2 aromatic carbocycles. The van der Waals surface area contributed by atoms with E-state index in [9.17, 15) is 22.8 Å². The van der Waals surface area contributed by atoms with Crippen LogP contribution >= 0.6 is 0 Å². The Morgan fingerprint density at radius 1 is 0.955 bits per heavy atom. The van der Waals surface area contributed by atoms with Gasteiger partial charge in [0.05, 0.1) is 12.1 Å². The predicted molar refractivity (Wildman–Crippen MR) is 156 cm³/mol. The highest BCUT2D eigenvalue weighted by atomic mass is 19.4. The van der Waals surface area contributed by atoms with E-state index in [1.165, 1.54) is 12.1 Å². The molecule has 9 nitrogen and oxygen atoms in total. The summed E-state index contributed by atoms with van der Waals surface area (Å²) in [4.78, 5) is 34.5. The highest BCUT2D eigenvalue weighted by Gasteiger charge is 2.30. The van der Waals surface area contributed by atoms with Crippen molar-refractivity contribution in [2.45, 2.75) is 79.4 Å². The predicted octanol–water partition coefficient (Wildman–Crippen LogP) is 8.75. The fourth-order valence-corrected chi connectivity index (χ4v) is 3.63. The van der Waals surface area contributed by atoms with Crippen LogP contribution in [0.15, 0.2) is 59.0 Å². The summed E-state index contributed by atoms with van der Waals surface area (Å²) in [6.45, 7) is 13.6. The molecule has 3 aromatic rings. The van der Waals surface area contributed by atoms with Crippen LogP contribution in [0.1, 0.15) is 71.0 Å². The summed E-state index contributed by atoms with van der Waals surface area (Å²) in [6.07, 6.45) is -4.65. The Kier molecular flexibility index (Phi) is 10.4. The molecule has 0 saturated heterocycles. The number of allylic oxidation sites excluding steroid dienone is 1. The number of benzene rings is 2. The van der Waals surface area contributed by atoms with Crippen LogP contribution in [0, 0.1) is 6.92 Å². The molecule has 238 valence electrons. The summed E-state index contributed by atoms with van der Waals surface area (Å²) >= 11 is 0. The Morgan fingerprint density at radius 2 is 1.59 bits per heavy atom. The van der Waals surface area contributed by atoms with Crippen LogP contribution in [0.3, 0.4) is 0 Å². The number of carbonyl (C=O) groups excluding carboxylic acids is 2. The lowest BCUT2D eigenvalue weighted by Gasteiger charge is -2.26. The quantitative estimate of drug-likeness (QED) is 0.191. The Hall–Kier alpha value is -4.48. The van der Waals surface area contributed by atoms with E-state index in [4.69, 9.17) is 23.5 Å². The van der Waals surface area contributed by atoms with Crippen LogP contribution in [-0.2, 0) is 27.1 Å². The number of ether oxygens (including phenoxy) is 3. The van der Waals surface area contributed by atoms with Gasteiger partial charge in [-0.25, -0.2) is 14.6 Å². The zero-order valence-electron chi connectivity index (χ0n) is 26.0. The maximum atomic E-state index is 12.9. The van der Waals surface area contributed by atoms with Gasteiger partial charge < -0.3 is 18.6 Å². The molecule has 0 N–H and O–H groups in total. The van der Waals surface area contributed by atoms with Gasteiger partial charge in [0, 0.05) is 5.56 Å². The lowest BCUT2D eigenvalue weighted by Crippen LogP contribution is -2.39. The Balaban J connectivity index is 1.70. The number of hydroxylamine groups is 2. The molecule has 0 saturated carbocycles. The van der Waals surface area contributed by atoms with Crippen molar-refractivity contribution in [3.63, 3.8) is 0 Å². The first-order valence-corrected chi connectivity index (χ1v) is 13.8. The molecule has 44 heavy (non-hydrogen) atoms. The molecule has 0 aliphatic rings. The van der Waals surface area contributed by atoms with Gasteiger partial charge in [-0.3, -0.25) is 4.84 Å². The van der Waals surface area contributed by atoms with Crippen molar-refractivity contribution in [1.29, 1.82) is 0 Å². The lowest BCUT2D eigenvalue weighted by atomic mass is 10.1. The van der Waals surface area contributed by atoms with Gasteiger partial charge in [-0.1, -0.05) is 18.2 Å². The second-order valence-corrected chi connectivity index (χ2v) is 11.9. The van der Waals surface area contributed by atoms with Crippen LogP contribution in [0.5, 0.6) is 5.75 Å². The van der Waals surface area contributed by atoms with Crippen molar-refractivity contribution in [3.8, 4) is 17.2 Å². The van der Waals surface area contributed by atoms with Gasteiger partial charge in [0.15, 0.2) is 0 Å². The number of oxazole rings is 1. The number of amides is 1. The van der Waals surface area contributed by atoms with Crippen LogP contribution < -0.4 is 4.74 Å². The zero-order chi connectivity index (χ0) is 32.9. The van der Waals surface area contributed by atoms with Gasteiger partial charge in [0.1, 0.15) is 35.0 Å². The third-order valence-electron chi connectivity index (χ3n) is 5.75. The van der Waals surface area contributed by atoms with E-state index >= 15 is 0 Å². The number of hydrogen-bond donors (Lipinski definition) is 0. The van der Waals surface area contributed by atoms with Gasteiger partial charge in [0.25, 0.3) is 0 Å². The fourth-order valence-electron chi connectivity index (χ4n) is 3.63. The number of aromatic nitrogens is 1. The summed E-state index contributed by atoms with van der Waals surface area (Å²) in [7, 11) is 0. The van der Waals surface area contributed by atoms with E-state index in [0.29, 0.717) is 22.8 Å². The van der Waals surface area contributed by atoms with Crippen molar-refractivity contribution < 1.29 is 46.2 Å². The highest BCUT2D eigenvalue weighted by molar-refractivity contribution is 5.71. The summed E-state index contributed by atoms with van der Waals surface area (Å²) in [5.41, 5.74) is 0.0151. The van der Waals surface area contributed by atoms with E-state index in [-0.39, 0.29) is 19.0 Å². The van der Waals surface area contributed by atoms with Crippen LogP contribution in [0.2, 0.25) is 0 Å². The molecule has 1 heterocycles. The first-order chi connectivity index (χ1) is 20.3. The normalized spacial score (nSPS) is 12.5. The van der Waals surface area contributed by atoms with E-state index in [2.05, 4.69) is 4.98 Å².